The third-order valence-corrected chi connectivity index (χ3v) is 4.94. The van der Waals surface area contributed by atoms with Crippen molar-refractivity contribution in [1.29, 1.82) is 0 Å². The molecule has 1 aliphatic heterocycles. The Balaban J connectivity index is 2.48. The van der Waals surface area contributed by atoms with Crippen molar-refractivity contribution in [1.82, 2.24) is 10.2 Å². The standard InChI is InChI=1S/C18H38N2/c1-6-8-9-10-11-20-14-18(16(5)7-2)19-13-17(20)12-15(3)4/h15-19H,6-14H2,1-5H3. The molecule has 2 nitrogen and oxygen atoms in total. The van der Waals surface area contributed by atoms with Crippen molar-refractivity contribution in [3.05, 3.63) is 0 Å². The van der Waals surface area contributed by atoms with Crippen LogP contribution in [0, 0.1) is 11.8 Å². The van der Waals surface area contributed by atoms with Crippen molar-refractivity contribution >= 4 is 0 Å². The van der Waals surface area contributed by atoms with E-state index in [9.17, 15) is 0 Å². The van der Waals surface area contributed by atoms with Crippen molar-refractivity contribution in [2.24, 2.45) is 11.8 Å². The van der Waals surface area contributed by atoms with E-state index in [-0.39, 0.29) is 0 Å². The number of nitrogens with one attached hydrogen (secondary N) is 1. The van der Waals surface area contributed by atoms with Gasteiger partial charge in [0.1, 0.15) is 0 Å². The molecule has 0 amide bonds. The van der Waals surface area contributed by atoms with E-state index in [0.717, 1.165) is 17.9 Å². The summed E-state index contributed by atoms with van der Waals surface area (Å²) < 4.78 is 0. The summed E-state index contributed by atoms with van der Waals surface area (Å²) in [5.41, 5.74) is 0. The van der Waals surface area contributed by atoms with Crippen LogP contribution in [0.4, 0.5) is 0 Å². The van der Waals surface area contributed by atoms with Crippen molar-refractivity contribution in [2.75, 3.05) is 19.6 Å². The summed E-state index contributed by atoms with van der Waals surface area (Å²) in [4.78, 5) is 2.79. The van der Waals surface area contributed by atoms with Gasteiger partial charge in [-0.3, -0.25) is 4.90 Å². The first-order valence-electron chi connectivity index (χ1n) is 9.05. The Bertz CT molecular complexity index is 240. The Morgan fingerprint density at radius 2 is 1.85 bits per heavy atom. The van der Waals surface area contributed by atoms with E-state index in [2.05, 4.69) is 44.8 Å². The first kappa shape index (κ1) is 18.0. The summed E-state index contributed by atoms with van der Waals surface area (Å²) in [6.45, 7) is 15.5. The molecule has 0 spiro atoms. The van der Waals surface area contributed by atoms with Gasteiger partial charge in [0.25, 0.3) is 0 Å². The van der Waals surface area contributed by atoms with Crippen LogP contribution in [0.15, 0.2) is 0 Å². The van der Waals surface area contributed by atoms with Crippen molar-refractivity contribution in [3.8, 4) is 0 Å². The third-order valence-electron chi connectivity index (χ3n) is 4.94. The van der Waals surface area contributed by atoms with Gasteiger partial charge in [-0.25, -0.2) is 0 Å². The first-order chi connectivity index (χ1) is 9.58. The highest BCUT2D eigenvalue weighted by Crippen LogP contribution is 2.20. The molecule has 0 radical (unpaired) electrons. The van der Waals surface area contributed by atoms with Crippen molar-refractivity contribution < 1.29 is 0 Å². The quantitative estimate of drug-likeness (QED) is 0.634. The molecule has 1 heterocycles. The normalized spacial score (nSPS) is 26.1. The molecule has 0 aliphatic carbocycles. The fourth-order valence-corrected chi connectivity index (χ4v) is 3.34. The average molecular weight is 283 g/mol. The zero-order chi connectivity index (χ0) is 15.0. The lowest BCUT2D eigenvalue weighted by Crippen LogP contribution is -2.58. The highest BCUT2D eigenvalue weighted by atomic mass is 15.2. The van der Waals surface area contributed by atoms with Crippen LogP contribution in [0.1, 0.15) is 73.1 Å². The van der Waals surface area contributed by atoms with E-state index in [1.165, 1.54) is 58.2 Å². The fourth-order valence-electron chi connectivity index (χ4n) is 3.34. The summed E-state index contributed by atoms with van der Waals surface area (Å²) in [5.74, 6) is 1.60. The molecule has 2 heteroatoms. The molecule has 1 rings (SSSR count). The number of rotatable bonds is 9. The van der Waals surface area contributed by atoms with Crippen LogP contribution < -0.4 is 5.32 Å². The second kappa shape index (κ2) is 9.78. The van der Waals surface area contributed by atoms with Crippen LogP contribution >= 0.6 is 0 Å². The van der Waals surface area contributed by atoms with Crippen LogP contribution in [0.3, 0.4) is 0 Å². The molecule has 0 bridgehead atoms. The lowest BCUT2D eigenvalue weighted by atomic mass is 9.92. The monoisotopic (exact) mass is 282 g/mol. The minimum atomic E-state index is 0.703. The molecular weight excluding hydrogens is 244 g/mol. The Hall–Kier alpha value is -0.0800. The summed E-state index contributed by atoms with van der Waals surface area (Å²) in [5, 5.41) is 3.82. The van der Waals surface area contributed by atoms with Gasteiger partial charge in [0.15, 0.2) is 0 Å². The molecule has 0 saturated carbocycles. The van der Waals surface area contributed by atoms with Gasteiger partial charge < -0.3 is 5.32 Å². The van der Waals surface area contributed by atoms with Crippen molar-refractivity contribution in [2.45, 2.75) is 85.2 Å². The molecule has 20 heavy (non-hydrogen) atoms. The fraction of sp³-hybridized carbons (Fsp3) is 1.00. The molecule has 0 aromatic rings. The number of unbranched alkanes of at least 4 members (excludes halogenated alkanes) is 3. The van der Waals surface area contributed by atoms with E-state index >= 15 is 0 Å². The predicted octanol–water partition coefficient (Wildman–Crippen LogP) is 4.30. The molecule has 1 saturated heterocycles. The van der Waals surface area contributed by atoms with Gasteiger partial charge in [0.2, 0.25) is 0 Å². The molecule has 1 N–H and O–H groups in total. The smallest absolute Gasteiger partial charge is 0.0223 e. The van der Waals surface area contributed by atoms with Gasteiger partial charge >= 0.3 is 0 Å². The maximum Gasteiger partial charge on any atom is 0.0223 e. The highest BCUT2D eigenvalue weighted by molar-refractivity contribution is 4.88. The zero-order valence-corrected chi connectivity index (χ0v) is 14.6. The predicted molar refractivity (Wildman–Crippen MR) is 90.2 cm³/mol. The summed E-state index contributed by atoms with van der Waals surface area (Å²) in [6, 6.07) is 1.46. The van der Waals surface area contributed by atoms with Crippen molar-refractivity contribution in [3.63, 3.8) is 0 Å². The lowest BCUT2D eigenvalue weighted by molar-refractivity contribution is 0.0938. The minimum absolute atomic E-state index is 0.703. The van der Waals surface area contributed by atoms with Gasteiger partial charge in [0, 0.05) is 25.2 Å². The molecule has 0 aromatic heterocycles. The van der Waals surface area contributed by atoms with Crippen LogP contribution in [-0.2, 0) is 0 Å². The van der Waals surface area contributed by atoms with E-state index in [4.69, 9.17) is 0 Å². The molecule has 1 fully saturated rings. The second-order valence-electron chi connectivity index (χ2n) is 7.24. The summed E-state index contributed by atoms with van der Waals surface area (Å²) in [7, 11) is 0. The molecular formula is C18H38N2. The Morgan fingerprint density at radius 3 is 2.45 bits per heavy atom. The van der Waals surface area contributed by atoms with E-state index in [0.29, 0.717) is 6.04 Å². The molecule has 3 unspecified atom stereocenters. The highest BCUT2D eigenvalue weighted by Gasteiger charge is 2.29. The van der Waals surface area contributed by atoms with Crippen LogP contribution in [0.5, 0.6) is 0 Å². The molecule has 3 atom stereocenters. The maximum atomic E-state index is 3.82. The first-order valence-corrected chi connectivity index (χ1v) is 9.05. The summed E-state index contributed by atoms with van der Waals surface area (Å²) in [6.07, 6.45) is 8.16. The van der Waals surface area contributed by atoms with Gasteiger partial charge in [-0.2, -0.15) is 0 Å². The number of hydrogen-bond acceptors (Lipinski definition) is 2. The van der Waals surface area contributed by atoms with E-state index < -0.39 is 0 Å². The minimum Gasteiger partial charge on any atom is -0.311 e. The average Bonchev–Trinajstić information content (AvgIpc) is 2.43. The van der Waals surface area contributed by atoms with Gasteiger partial charge in [-0.1, -0.05) is 60.3 Å². The molecule has 0 aromatic carbocycles. The summed E-state index contributed by atoms with van der Waals surface area (Å²) >= 11 is 0. The Kier molecular flexibility index (Phi) is 8.79. The van der Waals surface area contributed by atoms with Crippen LogP contribution in [-0.4, -0.2) is 36.6 Å². The Morgan fingerprint density at radius 1 is 1.10 bits per heavy atom. The van der Waals surface area contributed by atoms with Crippen LogP contribution in [0.25, 0.3) is 0 Å². The van der Waals surface area contributed by atoms with Gasteiger partial charge in [-0.05, 0) is 31.2 Å². The molecule has 1 aliphatic rings. The van der Waals surface area contributed by atoms with Gasteiger partial charge in [0.05, 0.1) is 0 Å². The second-order valence-corrected chi connectivity index (χ2v) is 7.24. The topological polar surface area (TPSA) is 15.3 Å². The van der Waals surface area contributed by atoms with E-state index in [1.807, 2.05) is 0 Å². The zero-order valence-electron chi connectivity index (χ0n) is 14.6. The number of hydrogen-bond donors (Lipinski definition) is 1. The number of nitrogens with zero attached hydrogens (tertiary/aromatic N) is 1. The number of piperazine rings is 1. The van der Waals surface area contributed by atoms with E-state index in [1.54, 1.807) is 0 Å². The lowest BCUT2D eigenvalue weighted by Gasteiger charge is -2.43. The molecule has 120 valence electrons. The SMILES string of the molecule is CCCCCCN1CC(C(C)CC)NCC1CC(C)C. The third kappa shape index (κ3) is 6.13. The van der Waals surface area contributed by atoms with Crippen LogP contribution in [0.2, 0.25) is 0 Å². The largest absolute Gasteiger partial charge is 0.311 e. The van der Waals surface area contributed by atoms with Gasteiger partial charge in [-0.15, -0.1) is 0 Å². The Labute approximate surface area is 127 Å². The maximum absolute atomic E-state index is 3.82.